The molecule has 0 aliphatic heterocycles. The van der Waals surface area contributed by atoms with Gasteiger partial charge in [0.15, 0.2) is 0 Å². The SMILES string of the molecule is C=CCC(c1cn(Cc2ccc(Cl)cc2)c2ccccc12)n1ccnc1. The summed E-state index contributed by atoms with van der Waals surface area (Å²) in [4.78, 5) is 4.22. The molecule has 0 saturated carbocycles. The number of nitrogens with zero attached hydrogens (tertiary/aromatic N) is 3. The summed E-state index contributed by atoms with van der Waals surface area (Å²) in [6.07, 6.45) is 10.8. The lowest BCUT2D eigenvalue weighted by Gasteiger charge is -2.16. The molecule has 4 aromatic rings. The van der Waals surface area contributed by atoms with E-state index in [9.17, 15) is 0 Å². The summed E-state index contributed by atoms with van der Waals surface area (Å²) < 4.78 is 4.46. The summed E-state index contributed by atoms with van der Waals surface area (Å²) in [5, 5.41) is 2.03. The van der Waals surface area contributed by atoms with Gasteiger partial charge in [0.05, 0.1) is 12.4 Å². The van der Waals surface area contributed by atoms with Crippen LogP contribution < -0.4 is 0 Å². The molecule has 0 N–H and O–H groups in total. The lowest BCUT2D eigenvalue weighted by Crippen LogP contribution is -2.07. The first-order valence-corrected chi connectivity index (χ1v) is 9.04. The zero-order chi connectivity index (χ0) is 17.9. The van der Waals surface area contributed by atoms with Crippen molar-refractivity contribution in [3.8, 4) is 0 Å². The van der Waals surface area contributed by atoms with Crippen molar-refractivity contribution in [2.24, 2.45) is 0 Å². The number of rotatable bonds is 6. The first-order valence-electron chi connectivity index (χ1n) is 8.67. The quantitative estimate of drug-likeness (QED) is 0.403. The van der Waals surface area contributed by atoms with Crippen LogP contribution in [0.2, 0.25) is 5.02 Å². The summed E-state index contributed by atoms with van der Waals surface area (Å²) >= 11 is 6.02. The van der Waals surface area contributed by atoms with Crippen LogP contribution in [0.4, 0.5) is 0 Å². The standard InChI is InChI=1S/C22H20ClN3/c1-2-5-21(25-13-12-24-16-25)20-15-26(22-7-4-3-6-19(20)22)14-17-8-10-18(23)11-9-17/h2-4,6-13,15-16,21H,1,5,14H2. The Balaban J connectivity index is 1.80. The molecule has 0 fully saturated rings. The Kier molecular flexibility index (Phi) is 4.63. The third-order valence-electron chi connectivity index (χ3n) is 4.72. The Morgan fingerprint density at radius 2 is 1.92 bits per heavy atom. The van der Waals surface area contributed by atoms with Gasteiger partial charge in [0.1, 0.15) is 0 Å². The first-order chi connectivity index (χ1) is 12.8. The third-order valence-corrected chi connectivity index (χ3v) is 4.97. The molecule has 0 aliphatic carbocycles. The highest BCUT2D eigenvalue weighted by molar-refractivity contribution is 6.30. The highest BCUT2D eigenvalue weighted by Gasteiger charge is 2.18. The smallest absolute Gasteiger partial charge is 0.0951 e. The summed E-state index contributed by atoms with van der Waals surface area (Å²) in [6.45, 7) is 4.75. The second-order valence-corrected chi connectivity index (χ2v) is 6.84. The van der Waals surface area contributed by atoms with E-state index in [-0.39, 0.29) is 6.04 Å². The monoisotopic (exact) mass is 361 g/mol. The molecule has 130 valence electrons. The zero-order valence-corrected chi connectivity index (χ0v) is 15.2. The predicted octanol–water partition coefficient (Wildman–Crippen LogP) is 5.71. The number of para-hydroxylation sites is 1. The van der Waals surface area contributed by atoms with E-state index in [2.05, 4.69) is 63.3 Å². The van der Waals surface area contributed by atoms with Crippen LogP contribution in [-0.2, 0) is 6.54 Å². The van der Waals surface area contributed by atoms with Crippen molar-refractivity contribution in [1.29, 1.82) is 0 Å². The number of imidazole rings is 1. The van der Waals surface area contributed by atoms with Gasteiger partial charge in [-0.25, -0.2) is 4.98 Å². The number of fused-ring (bicyclic) bond motifs is 1. The van der Waals surface area contributed by atoms with E-state index < -0.39 is 0 Å². The first kappa shape index (κ1) is 16.7. The van der Waals surface area contributed by atoms with Gasteiger partial charge in [0.25, 0.3) is 0 Å². The largest absolute Gasteiger partial charge is 0.343 e. The fraction of sp³-hybridized carbons (Fsp3) is 0.136. The number of halogens is 1. The van der Waals surface area contributed by atoms with Crippen molar-refractivity contribution in [3.63, 3.8) is 0 Å². The van der Waals surface area contributed by atoms with Crippen LogP contribution in [-0.4, -0.2) is 14.1 Å². The molecule has 1 atom stereocenters. The zero-order valence-electron chi connectivity index (χ0n) is 14.4. The molecule has 0 radical (unpaired) electrons. The van der Waals surface area contributed by atoms with Gasteiger partial charge in [-0.3, -0.25) is 0 Å². The van der Waals surface area contributed by atoms with Gasteiger partial charge in [0, 0.05) is 46.6 Å². The minimum absolute atomic E-state index is 0.186. The Morgan fingerprint density at radius 1 is 1.12 bits per heavy atom. The number of benzene rings is 2. The van der Waals surface area contributed by atoms with Crippen LogP contribution in [0, 0.1) is 0 Å². The number of hydrogen-bond acceptors (Lipinski definition) is 1. The van der Waals surface area contributed by atoms with Crippen LogP contribution in [0.5, 0.6) is 0 Å². The highest BCUT2D eigenvalue weighted by atomic mass is 35.5. The van der Waals surface area contributed by atoms with E-state index in [4.69, 9.17) is 11.6 Å². The molecule has 2 heterocycles. The molecule has 0 amide bonds. The lowest BCUT2D eigenvalue weighted by atomic mass is 10.0. The Hall–Kier alpha value is -2.78. The molecular weight excluding hydrogens is 342 g/mol. The predicted molar refractivity (Wildman–Crippen MR) is 108 cm³/mol. The summed E-state index contributed by atoms with van der Waals surface area (Å²) in [6, 6.07) is 16.8. The van der Waals surface area contributed by atoms with Crippen molar-refractivity contribution in [2.75, 3.05) is 0 Å². The average Bonchev–Trinajstić information content (AvgIpc) is 3.31. The molecular formula is C22H20ClN3. The van der Waals surface area contributed by atoms with Crippen LogP contribution >= 0.6 is 11.6 Å². The summed E-state index contributed by atoms with van der Waals surface area (Å²) in [7, 11) is 0. The second kappa shape index (κ2) is 7.22. The molecule has 4 rings (SSSR count). The van der Waals surface area contributed by atoms with Crippen molar-refractivity contribution in [3.05, 3.63) is 102 Å². The molecule has 0 bridgehead atoms. The molecule has 2 aromatic heterocycles. The second-order valence-electron chi connectivity index (χ2n) is 6.41. The summed E-state index contributed by atoms with van der Waals surface area (Å²) in [5.74, 6) is 0. The van der Waals surface area contributed by atoms with E-state index in [0.717, 1.165) is 18.0 Å². The van der Waals surface area contributed by atoms with Gasteiger partial charge in [-0.2, -0.15) is 0 Å². The van der Waals surface area contributed by atoms with Gasteiger partial charge in [-0.15, -0.1) is 6.58 Å². The Morgan fingerprint density at radius 3 is 2.65 bits per heavy atom. The molecule has 4 heteroatoms. The van der Waals surface area contributed by atoms with E-state index in [1.54, 1.807) is 0 Å². The molecule has 0 aliphatic rings. The van der Waals surface area contributed by atoms with Gasteiger partial charge in [0.2, 0.25) is 0 Å². The fourth-order valence-electron chi connectivity index (χ4n) is 3.48. The Bertz CT molecular complexity index is 1010. The summed E-state index contributed by atoms with van der Waals surface area (Å²) in [5.41, 5.74) is 3.74. The van der Waals surface area contributed by atoms with Crippen molar-refractivity contribution >= 4 is 22.5 Å². The molecule has 1 unspecified atom stereocenters. The van der Waals surface area contributed by atoms with E-state index >= 15 is 0 Å². The maximum absolute atomic E-state index is 6.02. The Labute approximate surface area is 158 Å². The van der Waals surface area contributed by atoms with Gasteiger partial charge in [-0.1, -0.05) is 48.0 Å². The molecule has 2 aromatic carbocycles. The third kappa shape index (κ3) is 3.18. The van der Waals surface area contributed by atoms with Gasteiger partial charge < -0.3 is 9.13 Å². The van der Waals surface area contributed by atoms with E-state index in [1.807, 2.05) is 36.9 Å². The normalized spacial score (nSPS) is 12.3. The average molecular weight is 362 g/mol. The van der Waals surface area contributed by atoms with Crippen LogP contribution in [0.3, 0.4) is 0 Å². The maximum Gasteiger partial charge on any atom is 0.0951 e. The molecule has 26 heavy (non-hydrogen) atoms. The highest BCUT2D eigenvalue weighted by Crippen LogP contribution is 2.31. The molecule has 0 spiro atoms. The minimum Gasteiger partial charge on any atom is -0.343 e. The van der Waals surface area contributed by atoms with Crippen molar-refractivity contribution < 1.29 is 0 Å². The number of allylic oxidation sites excluding steroid dienone is 1. The minimum atomic E-state index is 0.186. The molecule has 3 nitrogen and oxygen atoms in total. The van der Waals surface area contributed by atoms with Crippen molar-refractivity contribution in [1.82, 2.24) is 14.1 Å². The topological polar surface area (TPSA) is 22.8 Å². The maximum atomic E-state index is 6.02. The fourth-order valence-corrected chi connectivity index (χ4v) is 3.60. The van der Waals surface area contributed by atoms with Gasteiger partial charge >= 0.3 is 0 Å². The van der Waals surface area contributed by atoms with Crippen molar-refractivity contribution in [2.45, 2.75) is 19.0 Å². The van der Waals surface area contributed by atoms with Crippen LogP contribution in [0.15, 0.2) is 86.1 Å². The van der Waals surface area contributed by atoms with E-state index in [0.29, 0.717) is 0 Å². The van der Waals surface area contributed by atoms with E-state index in [1.165, 1.54) is 22.0 Å². The lowest BCUT2D eigenvalue weighted by molar-refractivity contribution is 0.593. The molecule has 0 saturated heterocycles. The van der Waals surface area contributed by atoms with Gasteiger partial charge in [-0.05, 0) is 30.2 Å². The number of hydrogen-bond donors (Lipinski definition) is 0. The number of aromatic nitrogens is 3. The van der Waals surface area contributed by atoms with Crippen LogP contribution in [0.25, 0.3) is 10.9 Å². The van der Waals surface area contributed by atoms with Crippen LogP contribution in [0.1, 0.15) is 23.6 Å².